The maximum absolute atomic E-state index is 12.8. The van der Waals surface area contributed by atoms with Crippen LogP contribution in [0.1, 0.15) is 39.0 Å². The van der Waals surface area contributed by atoms with Gasteiger partial charge in [0.25, 0.3) is 5.91 Å². The van der Waals surface area contributed by atoms with Crippen molar-refractivity contribution in [3.05, 3.63) is 0 Å². The van der Waals surface area contributed by atoms with Gasteiger partial charge in [-0.15, -0.1) is 11.6 Å². The van der Waals surface area contributed by atoms with Crippen molar-refractivity contribution < 1.29 is 19.4 Å². The first kappa shape index (κ1) is 17.6. The Balaban J connectivity index is 1.57. The second kappa shape index (κ2) is 6.71. The van der Waals surface area contributed by atoms with Gasteiger partial charge in [-0.2, -0.15) is 0 Å². The normalized spacial score (nSPS) is 42.4. The second-order valence-corrected chi connectivity index (χ2v) is 8.72. The number of aliphatic hydroxyl groups excluding tert-OH is 1. The van der Waals surface area contributed by atoms with Crippen molar-refractivity contribution in [1.82, 2.24) is 9.80 Å². The molecule has 0 bridgehead atoms. The number of amides is 1. The van der Waals surface area contributed by atoms with Crippen molar-refractivity contribution in [1.29, 1.82) is 0 Å². The van der Waals surface area contributed by atoms with Crippen LogP contribution in [-0.2, 0) is 14.3 Å². The molecule has 4 saturated heterocycles. The Morgan fingerprint density at radius 3 is 2.76 bits per heavy atom. The Kier molecular flexibility index (Phi) is 4.71. The summed E-state index contributed by atoms with van der Waals surface area (Å²) in [6.07, 6.45) is 3.08. The van der Waals surface area contributed by atoms with Crippen LogP contribution in [0.5, 0.6) is 0 Å². The quantitative estimate of drug-likeness (QED) is 0.580. The van der Waals surface area contributed by atoms with Crippen molar-refractivity contribution in [3.8, 4) is 0 Å². The summed E-state index contributed by atoms with van der Waals surface area (Å²) in [5, 5.41) is 9.63. The molecule has 4 aliphatic heterocycles. The topological polar surface area (TPSA) is 70.1 Å². The molecule has 0 radical (unpaired) electrons. The molecular formula is C18H27ClN2O4. The number of aliphatic hydroxyl groups is 1. The van der Waals surface area contributed by atoms with E-state index < -0.39 is 23.6 Å². The third-order valence-electron chi connectivity index (χ3n) is 6.63. The minimum Gasteiger partial charge on any atom is -0.458 e. The summed E-state index contributed by atoms with van der Waals surface area (Å²) in [7, 11) is 0. The smallest absolute Gasteiger partial charge is 0.324 e. The first-order valence-corrected chi connectivity index (χ1v) is 9.98. The van der Waals surface area contributed by atoms with Gasteiger partial charge in [-0.3, -0.25) is 14.5 Å². The number of carbonyl (C=O) groups excluding carboxylic acids is 2. The van der Waals surface area contributed by atoms with Gasteiger partial charge in [0.1, 0.15) is 11.5 Å². The van der Waals surface area contributed by atoms with Crippen LogP contribution in [0.15, 0.2) is 0 Å². The van der Waals surface area contributed by atoms with Gasteiger partial charge in [0, 0.05) is 25.0 Å². The summed E-state index contributed by atoms with van der Waals surface area (Å²) in [5.74, 6) is 0.0771. The van der Waals surface area contributed by atoms with Crippen LogP contribution < -0.4 is 0 Å². The lowest BCUT2D eigenvalue weighted by molar-refractivity contribution is -0.184. The minimum atomic E-state index is -1.27. The van der Waals surface area contributed by atoms with Crippen LogP contribution in [0.4, 0.5) is 0 Å². The summed E-state index contributed by atoms with van der Waals surface area (Å²) in [6, 6.07) is 0.594. The van der Waals surface area contributed by atoms with E-state index in [0.29, 0.717) is 24.3 Å². The maximum atomic E-state index is 12.8. The largest absolute Gasteiger partial charge is 0.458 e. The number of hydrogen-bond acceptors (Lipinski definition) is 5. The molecule has 7 atom stereocenters. The number of ether oxygens (including phenoxy) is 1. The number of alkyl halides is 1. The molecular weight excluding hydrogens is 344 g/mol. The summed E-state index contributed by atoms with van der Waals surface area (Å²) < 4.78 is 5.38. The average molecular weight is 371 g/mol. The molecule has 0 aromatic heterocycles. The molecule has 140 valence electrons. The summed E-state index contributed by atoms with van der Waals surface area (Å²) in [6.45, 7) is 4.58. The number of piperidine rings is 4. The molecule has 1 N–H and O–H groups in total. The number of carbonyl (C=O) groups is 2. The first-order chi connectivity index (χ1) is 12.0. The highest BCUT2D eigenvalue weighted by molar-refractivity contribution is 6.29. The van der Waals surface area contributed by atoms with Gasteiger partial charge in [0.15, 0.2) is 6.10 Å². The Morgan fingerprint density at radius 1 is 1.32 bits per heavy atom. The highest BCUT2D eigenvalue weighted by Gasteiger charge is 2.54. The van der Waals surface area contributed by atoms with E-state index in [4.69, 9.17) is 16.3 Å². The van der Waals surface area contributed by atoms with Gasteiger partial charge in [-0.25, -0.2) is 0 Å². The molecule has 0 aromatic carbocycles. The van der Waals surface area contributed by atoms with E-state index in [-0.39, 0.29) is 11.9 Å². The van der Waals surface area contributed by atoms with E-state index in [2.05, 4.69) is 4.90 Å². The van der Waals surface area contributed by atoms with E-state index in [1.165, 1.54) is 6.42 Å². The fourth-order valence-electron chi connectivity index (χ4n) is 5.60. The monoisotopic (exact) mass is 370 g/mol. The fourth-order valence-corrected chi connectivity index (χ4v) is 5.65. The zero-order valence-electron chi connectivity index (χ0n) is 14.6. The van der Waals surface area contributed by atoms with Crippen molar-refractivity contribution in [2.75, 3.05) is 19.6 Å². The predicted molar refractivity (Wildman–Crippen MR) is 92.1 cm³/mol. The number of nitrogens with zero attached hydrogens (tertiary/aromatic N) is 2. The molecule has 3 unspecified atom stereocenters. The molecule has 0 saturated carbocycles. The average Bonchev–Trinajstić information content (AvgIpc) is 2.60. The lowest BCUT2D eigenvalue weighted by atomic mass is 9.67. The molecule has 25 heavy (non-hydrogen) atoms. The zero-order valence-corrected chi connectivity index (χ0v) is 15.4. The van der Waals surface area contributed by atoms with Gasteiger partial charge >= 0.3 is 5.97 Å². The van der Waals surface area contributed by atoms with Crippen LogP contribution in [0.25, 0.3) is 0 Å². The standard InChI is InChI=1S/C18H27ClN2O4/c1-10(19)18(24)25-14-8-13-12-5-3-7-20-6-2-4-11(15(12)20)9-21(13)17(23)16(14)22/h10-16,22H,2-9H2,1H3/t10?,11-,12+,13+,14?,15-,16?/m0/s1. The number of hydrogen-bond donors (Lipinski definition) is 1. The van der Waals surface area contributed by atoms with Gasteiger partial charge in [-0.05, 0) is 57.5 Å². The van der Waals surface area contributed by atoms with Crippen LogP contribution >= 0.6 is 11.6 Å². The molecule has 7 heteroatoms. The third-order valence-corrected chi connectivity index (χ3v) is 6.80. The van der Waals surface area contributed by atoms with Crippen LogP contribution in [0.2, 0.25) is 0 Å². The van der Waals surface area contributed by atoms with E-state index >= 15 is 0 Å². The Bertz CT molecular complexity index is 555. The SMILES string of the molecule is CC(Cl)C(=O)OC1C[C@@H]2[C@H]3CCCN4CCC[C@@H](CN2C(=O)C1O)[C@@H]34. The van der Waals surface area contributed by atoms with Gasteiger partial charge in [-0.1, -0.05) is 0 Å². The summed E-state index contributed by atoms with van der Waals surface area (Å²) >= 11 is 5.79. The molecule has 0 aromatic rings. The predicted octanol–water partition coefficient (Wildman–Crippen LogP) is 0.991. The second-order valence-electron chi connectivity index (χ2n) is 8.06. The Hall–Kier alpha value is -0.850. The molecule has 6 nitrogen and oxygen atoms in total. The van der Waals surface area contributed by atoms with Crippen LogP contribution in [-0.4, -0.2) is 76.1 Å². The van der Waals surface area contributed by atoms with E-state index in [9.17, 15) is 14.7 Å². The number of rotatable bonds is 2. The molecule has 1 amide bonds. The van der Waals surface area contributed by atoms with Gasteiger partial charge in [0.2, 0.25) is 0 Å². The van der Waals surface area contributed by atoms with Gasteiger partial charge in [0.05, 0.1) is 0 Å². The zero-order chi connectivity index (χ0) is 17.7. The van der Waals surface area contributed by atoms with E-state index in [0.717, 1.165) is 38.9 Å². The highest BCUT2D eigenvalue weighted by Crippen LogP contribution is 2.45. The number of halogens is 1. The summed E-state index contributed by atoms with van der Waals surface area (Å²) in [5.41, 5.74) is 0. The van der Waals surface area contributed by atoms with Crippen molar-refractivity contribution in [3.63, 3.8) is 0 Å². The van der Waals surface area contributed by atoms with Gasteiger partial charge < -0.3 is 14.7 Å². The first-order valence-electron chi connectivity index (χ1n) is 9.54. The van der Waals surface area contributed by atoms with Crippen molar-refractivity contribution in [2.24, 2.45) is 11.8 Å². The molecule has 0 spiro atoms. The maximum Gasteiger partial charge on any atom is 0.324 e. The van der Waals surface area contributed by atoms with Crippen LogP contribution in [0, 0.1) is 11.8 Å². The minimum absolute atomic E-state index is 0.0569. The lowest BCUT2D eigenvalue weighted by Gasteiger charge is -2.59. The number of fused-ring (bicyclic) bond motifs is 2. The lowest BCUT2D eigenvalue weighted by Crippen LogP contribution is -2.70. The van der Waals surface area contributed by atoms with Crippen molar-refractivity contribution in [2.45, 2.75) is 68.7 Å². The molecule has 4 fully saturated rings. The summed E-state index contributed by atoms with van der Waals surface area (Å²) in [4.78, 5) is 29.2. The van der Waals surface area contributed by atoms with E-state index in [1.54, 1.807) is 6.92 Å². The molecule has 4 rings (SSSR count). The molecule has 0 aliphatic carbocycles. The molecule has 4 aliphatic rings. The van der Waals surface area contributed by atoms with Crippen molar-refractivity contribution >= 4 is 23.5 Å². The molecule has 4 heterocycles. The Labute approximate surface area is 153 Å². The fraction of sp³-hybridized carbons (Fsp3) is 0.889. The number of esters is 1. The van der Waals surface area contributed by atoms with E-state index in [1.807, 2.05) is 4.90 Å². The highest BCUT2D eigenvalue weighted by atomic mass is 35.5. The van der Waals surface area contributed by atoms with Crippen LogP contribution in [0.3, 0.4) is 0 Å². The third kappa shape index (κ3) is 2.96. The Morgan fingerprint density at radius 2 is 2.04 bits per heavy atom.